The van der Waals surface area contributed by atoms with Gasteiger partial charge in [-0.25, -0.2) is 18.7 Å². The van der Waals surface area contributed by atoms with Crippen LogP contribution in [-0.2, 0) is 6.54 Å². The lowest BCUT2D eigenvalue weighted by molar-refractivity contribution is 0.415. The molecule has 25 heavy (non-hydrogen) atoms. The summed E-state index contributed by atoms with van der Waals surface area (Å²) >= 11 is 0. The number of halogens is 2. The largest absolute Gasteiger partial charge is 0.497 e. The van der Waals surface area contributed by atoms with Gasteiger partial charge in [-0.1, -0.05) is 0 Å². The molecule has 0 saturated heterocycles. The van der Waals surface area contributed by atoms with Crippen LogP contribution in [0.4, 0.5) is 8.78 Å². The van der Waals surface area contributed by atoms with E-state index in [9.17, 15) is 13.6 Å². The van der Waals surface area contributed by atoms with Gasteiger partial charge in [-0.3, -0.25) is 9.36 Å². The van der Waals surface area contributed by atoms with Gasteiger partial charge >= 0.3 is 0 Å². The lowest BCUT2D eigenvalue weighted by atomic mass is 10.2. The van der Waals surface area contributed by atoms with E-state index in [0.717, 1.165) is 23.2 Å². The number of methoxy groups -OCH3 is 1. The molecule has 6 nitrogen and oxygen atoms in total. The highest BCUT2D eigenvalue weighted by Gasteiger charge is 2.11. The third-order valence-corrected chi connectivity index (χ3v) is 3.92. The summed E-state index contributed by atoms with van der Waals surface area (Å²) in [4.78, 5) is 24.0. The van der Waals surface area contributed by atoms with Crippen molar-refractivity contribution in [1.29, 1.82) is 0 Å². The highest BCUT2D eigenvalue weighted by Crippen LogP contribution is 2.19. The van der Waals surface area contributed by atoms with E-state index in [1.54, 1.807) is 25.3 Å². The first-order valence-corrected chi connectivity index (χ1v) is 7.42. The van der Waals surface area contributed by atoms with E-state index in [1.807, 2.05) is 0 Å². The van der Waals surface area contributed by atoms with Crippen molar-refractivity contribution in [3.05, 3.63) is 64.5 Å². The number of fused-ring (bicyclic) bond motifs is 2. The normalized spacial score (nSPS) is 11.3. The lowest BCUT2D eigenvalue weighted by Gasteiger charge is -2.05. The summed E-state index contributed by atoms with van der Waals surface area (Å²) in [5.41, 5.74) is 1.13. The van der Waals surface area contributed by atoms with E-state index >= 15 is 0 Å². The molecule has 0 unspecified atom stereocenters. The molecule has 1 N–H and O–H groups in total. The van der Waals surface area contributed by atoms with Gasteiger partial charge in [-0.2, -0.15) is 0 Å². The van der Waals surface area contributed by atoms with E-state index in [1.165, 1.54) is 10.9 Å². The minimum absolute atomic E-state index is 0.0131. The van der Waals surface area contributed by atoms with Gasteiger partial charge in [-0.15, -0.1) is 0 Å². The molecule has 0 fully saturated rings. The summed E-state index contributed by atoms with van der Waals surface area (Å²) in [6, 6.07) is 7.15. The zero-order valence-electron chi connectivity index (χ0n) is 13.1. The first-order chi connectivity index (χ1) is 12.0. The van der Waals surface area contributed by atoms with Gasteiger partial charge < -0.3 is 9.72 Å². The molecule has 0 aliphatic carbocycles. The minimum atomic E-state index is -1.08. The molecule has 0 aliphatic rings. The molecular weight excluding hydrogens is 330 g/mol. The lowest BCUT2D eigenvalue weighted by Crippen LogP contribution is -2.22. The molecule has 0 atom stereocenters. The zero-order valence-corrected chi connectivity index (χ0v) is 13.1. The SMILES string of the molecule is COc1ccc2nc(Cn3cnc4cc(F)c(F)cc4c3=O)[nH]c2c1. The molecule has 0 radical (unpaired) electrons. The van der Waals surface area contributed by atoms with Crippen LogP contribution in [0, 0.1) is 11.6 Å². The molecule has 0 amide bonds. The van der Waals surface area contributed by atoms with Gasteiger partial charge in [0.25, 0.3) is 5.56 Å². The molecule has 2 aromatic heterocycles. The van der Waals surface area contributed by atoms with Crippen LogP contribution in [-0.4, -0.2) is 26.6 Å². The van der Waals surface area contributed by atoms with E-state index in [-0.39, 0.29) is 17.4 Å². The van der Waals surface area contributed by atoms with Gasteiger partial charge in [0.15, 0.2) is 11.6 Å². The second kappa shape index (κ2) is 5.66. The average Bonchev–Trinajstić information content (AvgIpc) is 3.00. The Labute approximate surface area is 139 Å². The van der Waals surface area contributed by atoms with Gasteiger partial charge in [0.2, 0.25) is 0 Å². The fourth-order valence-electron chi connectivity index (χ4n) is 2.67. The Hall–Kier alpha value is -3.29. The maximum absolute atomic E-state index is 13.4. The van der Waals surface area contributed by atoms with Crippen LogP contribution < -0.4 is 10.3 Å². The number of hydrogen-bond donors (Lipinski definition) is 1. The highest BCUT2D eigenvalue weighted by molar-refractivity contribution is 5.78. The van der Waals surface area contributed by atoms with Crippen LogP contribution in [0.3, 0.4) is 0 Å². The van der Waals surface area contributed by atoms with Crippen molar-refractivity contribution in [2.24, 2.45) is 0 Å². The molecule has 2 aromatic carbocycles. The van der Waals surface area contributed by atoms with Gasteiger partial charge in [0, 0.05) is 12.1 Å². The first-order valence-electron chi connectivity index (χ1n) is 7.42. The quantitative estimate of drug-likeness (QED) is 0.621. The van der Waals surface area contributed by atoms with Crippen molar-refractivity contribution in [3.8, 4) is 5.75 Å². The summed E-state index contributed by atoms with van der Waals surface area (Å²) < 4.78 is 33.1. The highest BCUT2D eigenvalue weighted by atomic mass is 19.2. The molecule has 8 heteroatoms. The smallest absolute Gasteiger partial charge is 0.261 e. The number of nitrogens with zero attached hydrogens (tertiary/aromatic N) is 3. The molecule has 2 heterocycles. The summed E-state index contributed by atoms with van der Waals surface area (Å²) in [5.74, 6) is -0.901. The number of rotatable bonds is 3. The number of H-pyrrole nitrogens is 1. The number of nitrogens with one attached hydrogen (secondary N) is 1. The summed E-state index contributed by atoms with van der Waals surface area (Å²) in [6.07, 6.45) is 1.29. The predicted octanol–water partition coefficient (Wildman–Crippen LogP) is 2.61. The number of imidazole rings is 1. The van der Waals surface area contributed by atoms with Gasteiger partial charge in [0.1, 0.15) is 11.6 Å². The maximum atomic E-state index is 13.4. The third kappa shape index (κ3) is 2.61. The molecule has 4 aromatic rings. The predicted molar refractivity (Wildman–Crippen MR) is 87.7 cm³/mol. The van der Waals surface area contributed by atoms with Gasteiger partial charge in [-0.05, 0) is 18.2 Å². The van der Waals surface area contributed by atoms with Crippen LogP contribution in [0.25, 0.3) is 21.9 Å². The van der Waals surface area contributed by atoms with Crippen molar-refractivity contribution < 1.29 is 13.5 Å². The van der Waals surface area contributed by atoms with Crippen molar-refractivity contribution in [1.82, 2.24) is 19.5 Å². The summed E-state index contributed by atoms with van der Waals surface area (Å²) in [7, 11) is 1.57. The molecule has 0 saturated carbocycles. The molecule has 4 rings (SSSR count). The van der Waals surface area contributed by atoms with E-state index in [4.69, 9.17) is 4.74 Å². The van der Waals surface area contributed by atoms with Crippen LogP contribution in [0.15, 0.2) is 41.5 Å². The monoisotopic (exact) mass is 342 g/mol. The third-order valence-electron chi connectivity index (χ3n) is 3.92. The number of aromatic nitrogens is 4. The van der Waals surface area contributed by atoms with Crippen LogP contribution in [0.1, 0.15) is 5.82 Å². The Morgan fingerprint density at radius 1 is 1.16 bits per heavy atom. The van der Waals surface area contributed by atoms with Crippen LogP contribution in [0.2, 0.25) is 0 Å². The van der Waals surface area contributed by atoms with Crippen molar-refractivity contribution >= 4 is 21.9 Å². The Morgan fingerprint density at radius 3 is 2.76 bits per heavy atom. The number of ether oxygens (including phenoxy) is 1. The van der Waals surface area contributed by atoms with Gasteiger partial charge in [0.05, 0.1) is 41.9 Å². The fourth-order valence-corrected chi connectivity index (χ4v) is 2.67. The van der Waals surface area contributed by atoms with Crippen molar-refractivity contribution in [2.45, 2.75) is 6.54 Å². The van der Waals surface area contributed by atoms with E-state index in [0.29, 0.717) is 11.6 Å². The number of hydrogen-bond acceptors (Lipinski definition) is 4. The Balaban J connectivity index is 1.76. The second-order valence-electron chi connectivity index (χ2n) is 5.53. The number of benzene rings is 2. The fraction of sp³-hybridized carbons (Fsp3) is 0.118. The van der Waals surface area contributed by atoms with E-state index in [2.05, 4.69) is 15.0 Å². The van der Waals surface area contributed by atoms with Crippen molar-refractivity contribution in [3.63, 3.8) is 0 Å². The molecule has 0 spiro atoms. The van der Waals surface area contributed by atoms with E-state index < -0.39 is 17.2 Å². The summed E-state index contributed by atoms with van der Waals surface area (Å²) in [5, 5.41) is 0.0131. The molecule has 0 aliphatic heterocycles. The Kier molecular flexibility index (Phi) is 3.45. The zero-order chi connectivity index (χ0) is 17.6. The average molecular weight is 342 g/mol. The van der Waals surface area contributed by atoms with Crippen LogP contribution in [0.5, 0.6) is 5.75 Å². The second-order valence-corrected chi connectivity index (χ2v) is 5.53. The van der Waals surface area contributed by atoms with Crippen LogP contribution >= 0.6 is 0 Å². The Bertz CT molecular complexity index is 1170. The molecule has 0 bridgehead atoms. The topological polar surface area (TPSA) is 72.8 Å². The Morgan fingerprint density at radius 2 is 1.96 bits per heavy atom. The standard InChI is InChI=1S/C17H12F2N4O2/c1-25-9-2-3-13-15(4-9)22-16(21-13)7-23-8-20-14-6-12(19)11(18)5-10(14)17(23)24/h2-6,8H,7H2,1H3,(H,21,22). The van der Waals surface area contributed by atoms with Crippen molar-refractivity contribution in [2.75, 3.05) is 7.11 Å². The number of aromatic amines is 1. The molecular formula is C17H12F2N4O2. The minimum Gasteiger partial charge on any atom is -0.497 e. The molecule has 126 valence electrons. The first kappa shape index (κ1) is 15.3. The summed E-state index contributed by atoms with van der Waals surface area (Å²) in [6.45, 7) is 0.123. The maximum Gasteiger partial charge on any atom is 0.261 e.